The van der Waals surface area contributed by atoms with Crippen LogP contribution < -0.4 is 27.7 Å². The molecular formula is C19H26FN5O2. The van der Waals surface area contributed by atoms with Gasteiger partial charge in [0.1, 0.15) is 5.82 Å². The minimum Gasteiger partial charge on any atom is -0.367 e. The van der Waals surface area contributed by atoms with Crippen LogP contribution in [0.3, 0.4) is 0 Å². The summed E-state index contributed by atoms with van der Waals surface area (Å²) < 4.78 is 17.3. The molecule has 0 bridgehead atoms. The lowest BCUT2D eigenvalue weighted by Crippen LogP contribution is -2.48. The smallest absolute Gasteiger partial charge is 0.350 e. The molecule has 1 aliphatic carbocycles. The molecule has 2 heterocycles. The van der Waals surface area contributed by atoms with Crippen LogP contribution in [0, 0.1) is 18.7 Å². The fourth-order valence-electron chi connectivity index (χ4n) is 4.44. The van der Waals surface area contributed by atoms with Crippen LogP contribution in [0.5, 0.6) is 0 Å². The summed E-state index contributed by atoms with van der Waals surface area (Å²) in [5.41, 5.74) is 6.55. The van der Waals surface area contributed by atoms with Gasteiger partial charge in [0, 0.05) is 30.7 Å². The molecule has 2 fully saturated rings. The normalized spacial score (nSPS) is 23.2. The molecular weight excluding hydrogens is 349 g/mol. The summed E-state index contributed by atoms with van der Waals surface area (Å²) in [5, 5.41) is 0.149. The molecule has 4 N–H and O–H groups in total. The number of aryl methyl sites for hydroxylation is 1. The topological polar surface area (TPSA) is 99.3 Å². The van der Waals surface area contributed by atoms with Crippen LogP contribution in [0.2, 0.25) is 0 Å². The van der Waals surface area contributed by atoms with Gasteiger partial charge in [-0.1, -0.05) is 13.3 Å². The van der Waals surface area contributed by atoms with E-state index in [-0.39, 0.29) is 17.5 Å². The van der Waals surface area contributed by atoms with Gasteiger partial charge >= 0.3 is 5.69 Å². The lowest BCUT2D eigenvalue weighted by Gasteiger charge is -2.38. The Balaban J connectivity index is 1.98. The van der Waals surface area contributed by atoms with Crippen LogP contribution in [-0.4, -0.2) is 28.4 Å². The number of aromatic nitrogens is 2. The standard InChI is InChI=1S/C19H26FN5O2/c1-3-11-6-12(21)9-23(8-11)17-10(2)16-14(7-15(17)20)18(26)25(22)19(27)24(16)13-4-5-13/h7,11-13H,3-6,8-9,21-22H2,1-2H3/t11-,12+/m1/s1. The monoisotopic (exact) mass is 375 g/mol. The first-order chi connectivity index (χ1) is 12.8. The summed E-state index contributed by atoms with van der Waals surface area (Å²) in [6.45, 7) is 5.16. The summed E-state index contributed by atoms with van der Waals surface area (Å²) in [4.78, 5) is 27.1. The highest BCUT2D eigenvalue weighted by Gasteiger charge is 2.32. The highest BCUT2D eigenvalue weighted by atomic mass is 19.1. The molecule has 1 aliphatic heterocycles. The number of rotatable bonds is 3. The first kappa shape index (κ1) is 18.0. The van der Waals surface area contributed by atoms with E-state index in [0.717, 1.165) is 32.2 Å². The first-order valence-corrected chi connectivity index (χ1v) is 9.59. The summed E-state index contributed by atoms with van der Waals surface area (Å²) >= 11 is 0. The van der Waals surface area contributed by atoms with Crippen molar-refractivity contribution in [3.05, 3.63) is 38.3 Å². The summed E-state index contributed by atoms with van der Waals surface area (Å²) in [6, 6.07) is 1.21. The largest absolute Gasteiger partial charge is 0.367 e. The zero-order valence-electron chi connectivity index (χ0n) is 15.7. The van der Waals surface area contributed by atoms with Gasteiger partial charge in [-0.15, -0.1) is 0 Å². The molecule has 0 spiro atoms. The van der Waals surface area contributed by atoms with Crippen molar-refractivity contribution in [3.8, 4) is 0 Å². The second kappa shape index (κ2) is 6.37. The molecule has 0 amide bonds. The number of anilines is 1. The molecule has 2 atom stereocenters. The van der Waals surface area contributed by atoms with Crippen LogP contribution in [-0.2, 0) is 0 Å². The Morgan fingerprint density at radius 3 is 2.59 bits per heavy atom. The van der Waals surface area contributed by atoms with Crippen molar-refractivity contribution in [2.45, 2.75) is 51.6 Å². The van der Waals surface area contributed by atoms with Crippen LogP contribution in [0.15, 0.2) is 15.7 Å². The highest BCUT2D eigenvalue weighted by Crippen LogP contribution is 2.39. The maximum Gasteiger partial charge on any atom is 0.350 e. The second-order valence-electron chi connectivity index (χ2n) is 7.96. The zero-order chi connectivity index (χ0) is 19.5. The average molecular weight is 375 g/mol. The molecule has 0 unspecified atom stereocenters. The third kappa shape index (κ3) is 2.82. The van der Waals surface area contributed by atoms with E-state index in [4.69, 9.17) is 11.6 Å². The van der Waals surface area contributed by atoms with Gasteiger partial charge in [0.15, 0.2) is 0 Å². The lowest BCUT2D eigenvalue weighted by molar-refractivity contribution is 0.365. The van der Waals surface area contributed by atoms with E-state index in [2.05, 4.69) is 6.92 Å². The van der Waals surface area contributed by atoms with Gasteiger partial charge in [-0.2, -0.15) is 4.68 Å². The van der Waals surface area contributed by atoms with Crippen molar-refractivity contribution in [1.82, 2.24) is 9.24 Å². The average Bonchev–Trinajstić information content (AvgIpc) is 3.45. The molecule has 2 aromatic rings. The Kier molecular flexibility index (Phi) is 4.25. The van der Waals surface area contributed by atoms with Crippen molar-refractivity contribution >= 4 is 16.6 Å². The van der Waals surface area contributed by atoms with Crippen molar-refractivity contribution in [3.63, 3.8) is 0 Å². The van der Waals surface area contributed by atoms with E-state index >= 15 is 4.39 Å². The molecule has 27 heavy (non-hydrogen) atoms. The number of fused-ring (bicyclic) bond motifs is 1. The van der Waals surface area contributed by atoms with E-state index in [1.54, 1.807) is 11.5 Å². The van der Waals surface area contributed by atoms with Crippen LogP contribution in [0.4, 0.5) is 10.1 Å². The minimum absolute atomic E-state index is 0.0133. The number of benzene rings is 1. The fraction of sp³-hybridized carbons (Fsp3) is 0.579. The fourth-order valence-corrected chi connectivity index (χ4v) is 4.44. The van der Waals surface area contributed by atoms with E-state index in [9.17, 15) is 9.59 Å². The second-order valence-corrected chi connectivity index (χ2v) is 7.96. The Morgan fingerprint density at radius 2 is 1.96 bits per heavy atom. The molecule has 146 valence electrons. The van der Waals surface area contributed by atoms with Crippen molar-refractivity contribution in [2.24, 2.45) is 11.7 Å². The minimum atomic E-state index is -0.665. The molecule has 4 rings (SSSR count). The molecule has 2 aliphatic rings. The third-order valence-electron chi connectivity index (χ3n) is 5.94. The molecule has 1 aromatic carbocycles. The molecule has 8 heteroatoms. The van der Waals surface area contributed by atoms with Crippen molar-refractivity contribution in [1.29, 1.82) is 0 Å². The van der Waals surface area contributed by atoms with E-state index in [0.29, 0.717) is 33.9 Å². The SMILES string of the molecule is CC[C@@H]1C[C@H](N)CN(c2c(F)cc3c(=O)n(N)c(=O)n(C4CC4)c3c2C)C1. The molecule has 1 saturated carbocycles. The molecule has 1 aromatic heterocycles. The number of halogens is 1. The van der Waals surface area contributed by atoms with Gasteiger partial charge in [-0.05, 0) is 38.2 Å². The number of nitrogen functional groups attached to an aromatic ring is 1. The zero-order valence-corrected chi connectivity index (χ0v) is 15.7. The molecule has 1 saturated heterocycles. The van der Waals surface area contributed by atoms with Crippen molar-refractivity contribution in [2.75, 3.05) is 23.8 Å². The Hall–Kier alpha value is -2.35. The van der Waals surface area contributed by atoms with E-state index in [1.165, 1.54) is 6.07 Å². The summed E-state index contributed by atoms with van der Waals surface area (Å²) in [7, 11) is 0. The quantitative estimate of drug-likeness (QED) is 0.786. The number of piperidine rings is 1. The summed E-state index contributed by atoms with van der Waals surface area (Å²) in [6.07, 6.45) is 3.60. The number of hydrogen-bond donors (Lipinski definition) is 2. The van der Waals surface area contributed by atoms with Gasteiger partial charge in [-0.3, -0.25) is 9.36 Å². The van der Waals surface area contributed by atoms with Gasteiger partial charge in [-0.25, -0.2) is 9.18 Å². The van der Waals surface area contributed by atoms with Gasteiger partial charge in [0.05, 0.1) is 16.6 Å². The molecule has 0 radical (unpaired) electrons. The predicted octanol–water partition coefficient (Wildman–Crippen LogP) is 1.22. The van der Waals surface area contributed by atoms with Crippen molar-refractivity contribution < 1.29 is 4.39 Å². The first-order valence-electron chi connectivity index (χ1n) is 9.59. The maximum absolute atomic E-state index is 15.1. The Labute approximate surface area is 156 Å². The predicted molar refractivity (Wildman–Crippen MR) is 104 cm³/mol. The molecule has 7 nitrogen and oxygen atoms in total. The number of nitrogens with two attached hydrogens (primary N) is 2. The van der Waals surface area contributed by atoms with Crippen LogP contribution >= 0.6 is 0 Å². The van der Waals surface area contributed by atoms with Gasteiger partial charge in [0.2, 0.25) is 0 Å². The third-order valence-corrected chi connectivity index (χ3v) is 5.94. The van der Waals surface area contributed by atoms with Crippen LogP contribution in [0.25, 0.3) is 10.9 Å². The van der Waals surface area contributed by atoms with E-state index in [1.807, 2.05) is 4.90 Å². The van der Waals surface area contributed by atoms with Crippen LogP contribution in [0.1, 0.15) is 44.2 Å². The van der Waals surface area contributed by atoms with Gasteiger partial charge < -0.3 is 16.5 Å². The van der Waals surface area contributed by atoms with Gasteiger partial charge in [0.25, 0.3) is 5.56 Å². The lowest BCUT2D eigenvalue weighted by atomic mass is 9.91. The highest BCUT2D eigenvalue weighted by molar-refractivity contribution is 5.87. The maximum atomic E-state index is 15.1. The Morgan fingerprint density at radius 1 is 1.26 bits per heavy atom. The Bertz CT molecular complexity index is 1020. The van der Waals surface area contributed by atoms with E-state index < -0.39 is 17.1 Å². The number of hydrogen-bond acceptors (Lipinski definition) is 5. The summed E-state index contributed by atoms with van der Waals surface area (Å²) in [5.74, 6) is 5.60. The number of nitrogens with zero attached hydrogens (tertiary/aromatic N) is 3.